The lowest BCUT2D eigenvalue weighted by Crippen LogP contribution is -2.27. The predicted molar refractivity (Wildman–Crippen MR) is 94.1 cm³/mol. The molecule has 0 saturated carbocycles. The number of carbonyl (C=O) groups excluding carboxylic acids is 2. The van der Waals surface area contributed by atoms with Gasteiger partial charge in [0.05, 0.1) is 17.0 Å². The van der Waals surface area contributed by atoms with E-state index in [0.29, 0.717) is 0 Å². The quantitative estimate of drug-likeness (QED) is 0.686. The number of imide groups is 1. The lowest BCUT2D eigenvalue weighted by Gasteiger charge is -2.14. The van der Waals surface area contributed by atoms with Crippen molar-refractivity contribution >= 4 is 29.0 Å². The van der Waals surface area contributed by atoms with Crippen LogP contribution in [-0.4, -0.2) is 16.0 Å². The largest absolute Gasteiger partial charge is 0.416 e. The highest BCUT2D eigenvalue weighted by Crippen LogP contribution is 2.35. The molecule has 0 aromatic heterocycles. The van der Waals surface area contributed by atoms with E-state index in [4.69, 9.17) is 0 Å². The van der Waals surface area contributed by atoms with Crippen LogP contribution >= 0.6 is 11.8 Å². The molecule has 1 heterocycles. The molecule has 0 radical (unpaired) electrons. The van der Waals surface area contributed by atoms with Gasteiger partial charge < -0.3 is 0 Å². The van der Waals surface area contributed by atoms with E-state index in [9.17, 15) is 22.8 Å². The summed E-state index contributed by atoms with van der Waals surface area (Å²) in [5, 5.41) is -0.434. The Morgan fingerprint density at radius 2 is 1.81 bits per heavy atom. The summed E-state index contributed by atoms with van der Waals surface area (Å²) in [7, 11) is 0. The highest BCUT2D eigenvalue weighted by Gasteiger charge is 2.35. The van der Waals surface area contributed by atoms with Gasteiger partial charge in [0.1, 0.15) is 0 Å². The first kappa shape index (κ1) is 18.3. The van der Waals surface area contributed by atoms with Gasteiger partial charge in [0, 0.05) is 0 Å². The minimum absolute atomic E-state index is 0.114. The van der Waals surface area contributed by atoms with E-state index in [1.165, 1.54) is 18.2 Å². The summed E-state index contributed by atoms with van der Waals surface area (Å²) in [6, 6.07) is 12.0. The van der Waals surface area contributed by atoms with Crippen LogP contribution in [0.15, 0.2) is 53.4 Å². The lowest BCUT2D eigenvalue weighted by molar-refractivity contribution is -0.137. The molecular formula is C19H14F3NO2S. The minimum atomic E-state index is -4.46. The molecule has 0 bridgehead atoms. The molecule has 0 aliphatic carbocycles. The molecule has 1 aliphatic rings. The number of nitrogens with zero attached hydrogens (tertiary/aromatic N) is 1. The molecule has 2 aromatic rings. The highest BCUT2D eigenvalue weighted by molar-refractivity contribution is 8.18. The molecule has 0 N–H and O–H groups in total. The van der Waals surface area contributed by atoms with Crippen molar-refractivity contribution in [3.8, 4) is 0 Å². The van der Waals surface area contributed by atoms with Gasteiger partial charge in [-0.05, 0) is 53.6 Å². The van der Waals surface area contributed by atoms with Crippen molar-refractivity contribution in [1.82, 2.24) is 4.90 Å². The van der Waals surface area contributed by atoms with Crippen LogP contribution in [0.1, 0.15) is 22.3 Å². The molecule has 0 spiro atoms. The van der Waals surface area contributed by atoms with Crippen LogP contribution in [0.5, 0.6) is 0 Å². The van der Waals surface area contributed by atoms with Gasteiger partial charge in [-0.3, -0.25) is 14.5 Å². The fraction of sp³-hybridized carbons (Fsp3) is 0.158. The summed E-state index contributed by atoms with van der Waals surface area (Å²) in [6.07, 6.45) is -3.15. The van der Waals surface area contributed by atoms with Crippen molar-refractivity contribution in [2.24, 2.45) is 0 Å². The number of amides is 2. The number of hydrogen-bond acceptors (Lipinski definition) is 3. The summed E-state index contributed by atoms with van der Waals surface area (Å²) in [6.45, 7) is 2.02. The van der Waals surface area contributed by atoms with Gasteiger partial charge >= 0.3 is 6.18 Å². The molecular weight excluding hydrogens is 363 g/mol. The van der Waals surface area contributed by atoms with Crippen molar-refractivity contribution in [3.05, 3.63) is 75.7 Å². The van der Waals surface area contributed by atoms with E-state index in [1.807, 2.05) is 31.2 Å². The second-order valence-corrected chi connectivity index (χ2v) is 6.81. The molecule has 0 atom stereocenters. The SMILES string of the molecule is Cc1ccccc1CN1C(=O)S/C(=C\c2cccc(C(F)(F)F)c2)C1=O. The molecule has 3 rings (SSSR count). The van der Waals surface area contributed by atoms with E-state index in [-0.39, 0.29) is 17.0 Å². The maximum absolute atomic E-state index is 12.8. The fourth-order valence-electron chi connectivity index (χ4n) is 2.55. The summed E-state index contributed by atoms with van der Waals surface area (Å²) < 4.78 is 38.4. The Morgan fingerprint density at radius 3 is 2.50 bits per heavy atom. The van der Waals surface area contributed by atoms with E-state index >= 15 is 0 Å². The number of carbonyl (C=O) groups is 2. The van der Waals surface area contributed by atoms with Crippen molar-refractivity contribution in [3.63, 3.8) is 0 Å². The number of hydrogen-bond donors (Lipinski definition) is 0. The third kappa shape index (κ3) is 3.83. The van der Waals surface area contributed by atoms with E-state index in [1.54, 1.807) is 0 Å². The summed E-state index contributed by atoms with van der Waals surface area (Å²) in [5.41, 5.74) is 1.22. The molecule has 26 heavy (non-hydrogen) atoms. The third-order valence-electron chi connectivity index (χ3n) is 3.98. The van der Waals surface area contributed by atoms with E-state index in [2.05, 4.69) is 0 Å². The van der Waals surface area contributed by atoms with Gasteiger partial charge in [0.25, 0.3) is 11.1 Å². The number of thioether (sulfide) groups is 1. The smallest absolute Gasteiger partial charge is 0.268 e. The third-order valence-corrected chi connectivity index (χ3v) is 4.88. The topological polar surface area (TPSA) is 37.4 Å². The Bertz CT molecular complexity index is 906. The summed E-state index contributed by atoms with van der Waals surface area (Å²) >= 11 is 0.732. The maximum Gasteiger partial charge on any atom is 0.416 e. The van der Waals surface area contributed by atoms with Crippen LogP contribution < -0.4 is 0 Å². The van der Waals surface area contributed by atoms with Gasteiger partial charge in [-0.25, -0.2) is 0 Å². The molecule has 2 aromatic carbocycles. The normalized spacial score (nSPS) is 16.6. The molecule has 2 amide bonds. The zero-order chi connectivity index (χ0) is 18.9. The monoisotopic (exact) mass is 377 g/mol. The second-order valence-electron chi connectivity index (χ2n) is 5.82. The van der Waals surface area contributed by atoms with Gasteiger partial charge in [-0.1, -0.05) is 36.4 Å². The molecule has 1 saturated heterocycles. The van der Waals surface area contributed by atoms with Crippen molar-refractivity contribution in [1.29, 1.82) is 0 Å². The molecule has 0 unspecified atom stereocenters. The Kier molecular flexibility index (Phi) is 4.91. The highest BCUT2D eigenvalue weighted by atomic mass is 32.2. The van der Waals surface area contributed by atoms with Gasteiger partial charge in [0.15, 0.2) is 0 Å². The average Bonchev–Trinajstić information content (AvgIpc) is 2.84. The van der Waals surface area contributed by atoms with E-state index in [0.717, 1.165) is 39.9 Å². The minimum Gasteiger partial charge on any atom is -0.268 e. The zero-order valence-electron chi connectivity index (χ0n) is 13.7. The molecule has 3 nitrogen and oxygen atoms in total. The van der Waals surface area contributed by atoms with Crippen molar-refractivity contribution in [2.45, 2.75) is 19.6 Å². The standard InChI is InChI=1S/C19H14F3NO2S/c1-12-5-2-3-7-14(12)11-23-17(24)16(26-18(23)25)10-13-6-4-8-15(9-13)19(20,21)22/h2-10H,11H2,1H3/b16-10-. The number of benzene rings is 2. The first-order valence-corrected chi connectivity index (χ1v) is 8.54. The van der Waals surface area contributed by atoms with Crippen LogP contribution in [0.25, 0.3) is 6.08 Å². The Morgan fingerprint density at radius 1 is 1.08 bits per heavy atom. The van der Waals surface area contributed by atoms with Gasteiger partial charge in [0.2, 0.25) is 0 Å². The second kappa shape index (κ2) is 6.99. The Balaban J connectivity index is 1.85. The van der Waals surface area contributed by atoms with Gasteiger partial charge in [-0.2, -0.15) is 13.2 Å². The summed E-state index contributed by atoms with van der Waals surface area (Å²) in [4.78, 5) is 25.9. The molecule has 1 aliphatic heterocycles. The van der Waals surface area contributed by atoms with Crippen molar-refractivity contribution < 1.29 is 22.8 Å². The van der Waals surface area contributed by atoms with E-state index < -0.39 is 22.9 Å². The average molecular weight is 377 g/mol. The Hall–Kier alpha value is -2.54. The zero-order valence-corrected chi connectivity index (χ0v) is 14.5. The first-order chi connectivity index (χ1) is 12.3. The number of rotatable bonds is 3. The van der Waals surface area contributed by atoms with Crippen LogP contribution in [0.3, 0.4) is 0 Å². The van der Waals surface area contributed by atoms with Crippen LogP contribution in [0, 0.1) is 6.92 Å². The predicted octanol–water partition coefficient (Wildman–Crippen LogP) is 5.25. The van der Waals surface area contributed by atoms with Crippen LogP contribution in [0.4, 0.5) is 18.0 Å². The van der Waals surface area contributed by atoms with Crippen molar-refractivity contribution in [2.75, 3.05) is 0 Å². The van der Waals surface area contributed by atoms with Gasteiger partial charge in [-0.15, -0.1) is 0 Å². The molecule has 7 heteroatoms. The first-order valence-electron chi connectivity index (χ1n) is 7.73. The number of aryl methyl sites for hydroxylation is 1. The molecule has 134 valence electrons. The number of halogens is 3. The lowest BCUT2D eigenvalue weighted by atomic mass is 10.1. The number of alkyl halides is 3. The van der Waals surface area contributed by atoms with Crippen LogP contribution in [-0.2, 0) is 17.5 Å². The molecule has 1 fully saturated rings. The Labute approximate surface area is 152 Å². The van der Waals surface area contributed by atoms with Crippen LogP contribution in [0.2, 0.25) is 0 Å². The summed E-state index contributed by atoms with van der Waals surface area (Å²) in [5.74, 6) is -0.499. The fourth-order valence-corrected chi connectivity index (χ4v) is 3.39. The maximum atomic E-state index is 12.8.